The molecule has 1 saturated heterocycles. The standard InChI is InChI=1S/C16H24N2O4.ClH/c1-20-9-10-22-15-11-12(6-7-14(15)21-2)18-16(19)13-5-3-4-8-17-13;/h6-7,11,13,17H,3-5,8-10H2,1-2H3,(H,18,19);1H. The molecule has 0 radical (unpaired) electrons. The number of halogens is 1. The quantitative estimate of drug-likeness (QED) is 0.742. The van der Waals surface area contributed by atoms with E-state index in [1.165, 1.54) is 0 Å². The molecule has 0 bridgehead atoms. The van der Waals surface area contributed by atoms with Crippen LogP contribution in [0.15, 0.2) is 18.2 Å². The number of rotatable bonds is 7. The predicted molar refractivity (Wildman–Crippen MR) is 91.9 cm³/mol. The minimum absolute atomic E-state index is 0. The minimum Gasteiger partial charge on any atom is -0.493 e. The summed E-state index contributed by atoms with van der Waals surface area (Å²) in [5.41, 5.74) is 0.700. The number of amides is 1. The summed E-state index contributed by atoms with van der Waals surface area (Å²) in [6.45, 7) is 1.81. The molecule has 6 nitrogen and oxygen atoms in total. The fraction of sp³-hybridized carbons (Fsp3) is 0.562. The predicted octanol–water partition coefficient (Wildman–Crippen LogP) is 2.22. The van der Waals surface area contributed by atoms with E-state index in [0.29, 0.717) is 30.4 Å². The van der Waals surface area contributed by atoms with E-state index in [9.17, 15) is 4.79 Å². The first kappa shape index (κ1) is 19.5. The van der Waals surface area contributed by atoms with Gasteiger partial charge in [-0.25, -0.2) is 0 Å². The van der Waals surface area contributed by atoms with Crippen LogP contribution >= 0.6 is 12.4 Å². The van der Waals surface area contributed by atoms with Gasteiger partial charge in [0.25, 0.3) is 0 Å². The number of anilines is 1. The molecule has 1 amide bonds. The molecular weight excluding hydrogens is 320 g/mol. The molecule has 1 aliphatic heterocycles. The van der Waals surface area contributed by atoms with Gasteiger partial charge in [0.2, 0.25) is 5.91 Å². The largest absolute Gasteiger partial charge is 0.493 e. The molecule has 2 N–H and O–H groups in total. The normalized spacial score (nSPS) is 17.0. The maximum absolute atomic E-state index is 12.2. The van der Waals surface area contributed by atoms with Gasteiger partial charge in [-0.3, -0.25) is 4.79 Å². The number of hydrogen-bond donors (Lipinski definition) is 2. The van der Waals surface area contributed by atoms with Crippen molar-refractivity contribution in [2.45, 2.75) is 25.3 Å². The van der Waals surface area contributed by atoms with Gasteiger partial charge in [-0.15, -0.1) is 12.4 Å². The third kappa shape index (κ3) is 5.89. The molecule has 0 aliphatic carbocycles. The summed E-state index contributed by atoms with van der Waals surface area (Å²) in [4.78, 5) is 12.2. The van der Waals surface area contributed by atoms with Gasteiger partial charge >= 0.3 is 0 Å². The van der Waals surface area contributed by atoms with Gasteiger partial charge < -0.3 is 24.8 Å². The lowest BCUT2D eigenvalue weighted by Crippen LogP contribution is -2.43. The highest BCUT2D eigenvalue weighted by atomic mass is 35.5. The van der Waals surface area contributed by atoms with Crippen LogP contribution in [-0.2, 0) is 9.53 Å². The van der Waals surface area contributed by atoms with E-state index in [1.807, 2.05) is 6.07 Å². The van der Waals surface area contributed by atoms with E-state index in [2.05, 4.69) is 10.6 Å². The Hall–Kier alpha value is -1.50. The van der Waals surface area contributed by atoms with Crippen LogP contribution in [-0.4, -0.2) is 45.9 Å². The Morgan fingerprint density at radius 1 is 1.26 bits per heavy atom. The van der Waals surface area contributed by atoms with Crippen molar-refractivity contribution in [1.29, 1.82) is 0 Å². The zero-order valence-electron chi connectivity index (χ0n) is 13.6. The second-order valence-corrected chi connectivity index (χ2v) is 5.20. The molecule has 1 heterocycles. The summed E-state index contributed by atoms with van der Waals surface area (Å²) >= 11 is 0. The molecule has 1 unspecified atom stereocenters. The second kappa shape index (κ2) is 10.3. The van der Waals surface area contributed by atoms with E-state index in [1.54, 1.807) is 26.4 Å². The molecule has 0 saturated carbocycles. The number of methoxy groups -OCH3 is 2. The first-order chi connectivity index (χ1) is 10.7. The number of nitrogens with one attached hydrogen (secondary N) is 2. The molecule has 1 atom stereocenters. The minimum atomic E-state index is -0.117. The van der Waals surface area contributed by atoms with Crippen LogP contribution < -0.4 is 20.1 Å². The summed E-state index contributed by atoms with van der Waals surface area (Å²) in [7, 11) is 3.21. The number of carbonyl (C=O) groups is 1. The second-order valence-electron chi connectivity index (χ2n) is 5.20. The monoisotopic (exact) mass is 344 g/mol. The number of carbonyl (C=O) groups excluding carboxylic acids is 1. The Labute approximate surface area is 143 Å². The molecule has 1 aromatic rings. The molecule has 1 fully saturated rings. The SMILES string of the molecule is COCCOc1cc(NC(=O)C2CCCCN2)ccc1OC.Cl. The lowest BCUT2D eigenvalue weighted by Gasteiger charge is -2.22. The lowest BCUT2D eigenvalue weighted by molar-refractivity contribution is -0.118. The summed E-state index contributed by atoms with van der Waals surface area (Å²) in [6, 6.07) is 5.25. The van der Waals surface area contributed by atoms with Gasteiger partial charge in [0, 0.05) is 18.9 Å². The van der Waals surface area contributed by atoms with Crippen LogP contribution in [0.3, 0.4) is 0 Å². The maximum atomic E-state index is 12.2. The highest BCUT2D eigenvalue weighted by Crippen LogP contribution is 2.30. The van der Waals surface area contributed by atoms with E-state index < -0.39 is 0 Å². The molecule has 1 aliphatic rings. The molecule has 7 heteroatoms. The van der Waals surface area contributed by atoms with Crippen LogP contribution in [0.25, 0.3) is 0 Å². The highest BCUT2D eigenvalue weighted by Gasteiger charge is 2.20. The Kier molecular flexibility index (Phi) is 8.76. The number of ether oxygens (including phenoxy) is 3. The Morgan fingerprint density at radius 3 is 2.74 bits per heavy atom. The Bertz CT molecular complexity index is 493. The number of benzene rings is 1. The van der Waals surface area contributed by atoms with Gasteiger partial charge in [-0.2, -0.15) is 0 Å². The summed E-state index contributed by atoms with van der Waals surface area (Å²) in [5, 5.41) is 6.16. The molecule has 0 aromatic heterocycles. The van der Waals surface area contributed by atoms with Crippen molar-refractivity contribution in [3.8, 4) is 11.5 Å². The van der Waals surface area contributed by atoms with Crippen molar-refractivity contribution >= 4 is 24.0 Å². The number of hydrogen-bond acceptors (Lipinski definition) is 5. The first-order valence-corrected chi connectivity index (χ1v) is 7.58. The highest BCUT2D eigenvalue weighted by molar-refractivity contribution is 5.95. The maximum Gasteiger partial charge on any atom is 0.241 e. The van der Waals surface area contributed by atoms with Crippen molar-refractivity contribution in [1.82, 2.24) is 5.32 Å². The smallest absolute Gasteiger partial charge is 0.241 e. The number of piperidine rings is 1. The van der Waals surface area contributed by atoms with Crippen molar-refractivity contribution < 1.29 is 19.0 Å². The van der Waals surface area contributed by atoms with Crippen LogP contribution in [0.5, 0.6) is 11.5 Å². The topological polar surface area (TPSA) is 68.8 Å². The average molecular weight is 345 g/mol. The molecule has 23 heavy (non-hydrogen) atoms. The molecule has 0 spiro atoms. The summed E-state index contributed by atoms with van der Waals surface area (Å²) < 4.78 is 15.8. The van der Waals surface area contributed by atoms with Crippen LogP contribution in [0.4, 0.5) is 5.69 Å². The zero-order chi connectivity index (χ0) is 15.8. The van der Waals surface area contributed by atoms with Crippen molar-refractivity contribution in [3.05, 3.63) is 18.2 Å². The molecule has 130 valence electrons. The van der Waals surface area contributed by atoms with Crippen LogP contribution in [0.1, 0.15) is 19.3 Å². The summed E-state index contributed by atoms with van der Waals surface area (Å²) in [5.74, 6) is 1.21. The fourth-order valence-electron chi connectivity index (χ4n) is 2.41. The van der Waals surface area contributed by atoms with Gasteiger partial charge in [-0.05, 0) is 31.5 Å². The zero-order valence-corrected chi connectivity index (χ0v) is 14.4. The van der Waals surface area contributed by atoms with E-state index in [-0.39, 0.29) is 24.4 Å². The van der Waals surface area contributed by atoms with E-state index in [0.717, 1.165) is 25.8 Å². The lowest BCUT2D eigenvalue weighted by atomic mass is 10.0. The Balaban J connectivity index is 0.00000264. The van der Waals surface area contributed by atoms with Crippen LogP contribution in [0, 0.1) is 0 Å². The first-order valence-electron chi connectivity index (χ1n) is 7.58. The van der Waals surface area contributed by atoms with E-state index >= 15 is 0 Å². The van der Waals surface area contributed by atoms with E-state index in [4.69, 9.17) is 14.2 Å². The molecular formula is C16H25ClN2O4. The third-order valence-electron chi connectivity index (χ3n) is 3.60. The van der Waals surface area contributed by atoms with Crippen LogP contribution in [0.2, 0.25) is 0 Å². The van der Waals surface area contributed by atoms with Crippen molar-refractivity contribution in [2.75, 3.05) is 39.3 Å². The van der Waals surface area contributed by atoms with Crippen molar-refractivity contribution in [2.24, 2.45) is 0 Å². The average Bonchev–Trinajstić information content (AvgIpc) is 2.56. The van der Waals surface area contributed by atoms with Gasteiger partial charge in [0.15, 0.2) is 11.5 Å². The van der Waals surface area contributed by atoms with Crippen molar-refractivity contribution in [3.63, 3.8) is 0 Å². The summed E-state index contributed by atoms with van der Waals surface area (Å²) in [6.07, 6.45) is 3.09. The molecule has 1 aromatic carbocycles. The third-order valence-corrected chi connectivity index (χ3v) is 3.60. The Morgan fingerprint density at radius 2 is 2.09 bits per heavy atom. The van der Waals surface area contributed by atoms with Gasteiger partial charge in [0.1, 0.15) is 6.61 Å². The van der Waals surface area contributed by atoms with Gasteiger partial charge in [-0.1, -0.05) is 6.42 Å². The molecule has 2 rings (SSSR count). The fourth-order valence-corrected chi connectivity index (χ4v) is 2.41. The van der Waals surface area contributed by atoms with Gasteiger partial charge in [0.05, 0.1) is 19.8 Å².